The van der Waals surface area contributed by atoms with Crippen molar-refractivity contribution < 1.29 is 13.3 Å². The van der Waals surface area contributed by atoms with Crippen LogP contribution in [0.2, 0.25) is 6.04 Å². The number of hydrogen-bond acceptors (Lipinski definition) is 4. The summed E-state index contributed by atoms with van der Waals surface area (Å²) in [6.45, 7) is 9.36. The van der Waals surface area contributed by atoms with E-state index < -0.39 is 8.80 Å². The smallest absolute Gasteiger partial charge is 0.374 e. The largest absolute Gasteiger partial charge is 0.500 e. The maximum absolute atomic E-state index is 5.96. The minimum Gasteiger partial charge on any atom is -0.374 e. The Hall–Kier alpha value is 0.0569. The number of nitrogens with one attached hydrogen (secondary N) is 1. The van der Waals surface area contributed by atoms with Gasteiger partial charge in [0.1, 0.15) is 0 Å². The van der Waals surface area contributed by atoms with E-state index in [0.29, 0.717) is 19.8 Å². The highest BCUT2D eigenvalue weighted by Crippen LogP contribution is 2.37. The summed E-state index contributed by atoms with van der Waals surface area (Å²) in [5.41, 5.74) is 0. The van der Waals surface area contributed by atoms with Gasteiger partial charge in [0.25, 0.3) is 0 Å². The molecule has 0 spiro atoms. The summed E-state index contributed by atoms with van der Waals surface area (Å²) in [4.78, 5) is 0. The fourth-order valence-electron chi connectivity index (χ4n) is 4.33. The molecule has 1 aliphatic carbocycles. The van der Waals surface area contributed by atoms with Crippen molar-refractivity contribution >= 4 is 8.80 Å². The van der Waals surface area contributed by atoms with Crippen molar-refractivity contribution in [2.75, 3.05) is 26.4 Å². The van der Waals surface area contributed by atoms with Crippen LogP contribution >= 0.6 is 0 Å². The lowest BCUT2D eigenvalue weighted by Crippen LogP contribution is -2.46. The van der Waals surface area contributed by atoms with Gasteiger partial charge >= 0.3 is 8.80 Å². The molecule has 0 aromatic heterocycles. The van der Waals surface area contributed by atoms with E-state index in [9.17, 15) is 0 Å². The second-order valence-corrected chi connectivity index (χ2v) is 9.33. The first-order chi connectivity index (χ1) is 10.7. The summed E-state index contributed by atoms with van der Waals surface area (Å²) in [7, 11) is -2.43. The number of fused-ring (bicyclic) bond motifs is 1. The Morgan fingerprint density at radius 3 is 2.23 bits per heavy atom. The Labute approximate surface area is 137 Å². The van der Waals surface area contributed by atoms with E-state index in [4.69, 9.17) is 13.3 Å². The fraction of sp³-hybridized carbons (Fsp3) is 1.00. The molecule has 1 saturated heterocycles. The van der Waals surface area contributed by atoms with E-state index in [0.717, 1.165) is 23.9 Å². The van der Waals surface area contributed by atoms with Crippen molar-refractivity contribution in [3.05, 3.63) is 0 Å². The number of rotatable bonds is 10. The molecule has 0 bridgehead atoms. The highest BCUT2D eigenvalue weighted by Gasteiger charge is 2.41. The maximum Gasteiger partial charge on any atom is 0.500 e. The molecule has 4 nitrogen and oxygen atoms in total. The predicted octanol–water partition coefficient (Wildman–Crippen LogP) is 3.59. The lowest BCUT2D eigenvalue weighted by atomic mass is 9.78. The summed E-state index contributed by atoms with van der Waals surface area (Å²) in [6, 6.07) is 1.77. The average Bonchev–Trinajstić information content (AvgIpc) is 2.92. The van der Waals surface area contributed by atoms with Crippen LogP contribution < -0.4 is 5.32 Å². The highest BCUT2D eigenvalue weighted by molar-refractivity contribution is 6.60. The van der Waals surface area contributed by atoms with Gasteiger partial charge in [0.15, 0.2) is 0 Å². The first-order valence-corrected chi connectivity index (χ1v) is 11.3. The molecule has 0 aromatic carbocycles. The molecule has 1 saturated carbocycles. The van der Waals surface area contributed by atoms with E-state index in [1.807, 2.05) is 20.8 Å². The lowest BCUT2D eigenvalue weighted by molar-refractivity contribution is 0.0701. The van der Waals surface area contributed by atoms with Crippen LogP contribution in [-0.2, 0) is 13.3 Å². The van der Waals surface area contributed by atoms with Crippen molar-refractivity contribution in [1.82, 2.24) is 5.32 Å². The third-order valence-corrected chi connectivity index (χ3v) is 8.37. The Kier molecular flexibility index (Phi) is 7.84. The van der Waals surface area contributed by atoms with Gasteiger partial charge in [-0.3, -0.25) is 0 Å². The molecular weight excluding hydrogens is 294 g/mol. The van der Waals surface area contributed by atoms with Crippen LogP contribution in [0.1, 0.15) is 59.3 Å². The van der Waals surface area contributed by atoms with Crippen LogP contribution in [0.5, 0.6) is 0 Å². The maximum atomic E-state index is 5.96. The average molecular weight is 330 g/mol. The Balaban J connectivity index is 1.81. The molecule has 3 atom stereocenters. The Morgan fingerprint density at radius 1 is 0.955 bits per heavy atom. The third-order valence-electron chi connectivity index (χ3n) is 5.22. The Morgan fingerprint density at radius 2 is 1.59 bits per heavy atom. The van der Waals surface area contributed by atoms with Gasteiger partial charge in [-0.2, -0.15) is 0 Å². The molecule has 1 aliphatic heterocycles. The van der Waals surface area contributed by atoms with E-state index >= 15 is 0 Å². The van der Waals surface area contributed by atoms with Gasteiger partial charge in [0.05, 0.1) is 0 Å². The minimum absolute atomic E-state index is 0.682. The molecular formula is C17H35NO3Si. The van der Waals surface area contributed by atoms with Gasteiger partial charge in [-0.05, 0) is 64.8 Å². The van der Waals surface area contributed by atoms with Gasteiger partial charge < -0.3 is 18.6 Å². The number of hydrogen-bond donors (Lipinski definition) is 1. The van der Waals surface area contributed by atoms with E-state index in [1.54, 1.807) is 0 Å². The van der Waals surface area contributed by atoms with Gasteiger partial charge in [-0.25, -0.2) is 0 Å². The third kappa shape index (κ3) is 4.77. The van der Waals surface area contributed by atoms with Crippen LogP contribution in [0, 0.1) is 11.8 Å². The van der Waals surface area contributed by atoms with Gasteiger partial charge in [-0.1, -0.05) is 12.8 Å². The highest BCUT2D eigenvalue weighted by atomic mass is 28.4. The summed E-state index contributed by atoms with van der Waals surface area (Å²) in [6.07, 6.45) is 8.10. The lowest BCUT2D eigenvalue weighted by Gasteiger charge is -2.30. The van der Waals surface area contributed by atoms with Gasteiger partial charge in [0, 0.05) is 31.9 Å². The second kappa shape index (κ2) is 9.38. The molecule has 130 valence electrons. The molecule has 0 aromatic rings. The SMILES string of the molecule is CCO[Si](CCCC1CNC2CCCCC12)(OCC)OCC. The predicted molar refractivity (Wildman–Crippen MR) is 91.9 cm³/mol. The Bertz CT molecular complexity index is 299. The van der Waals surface area contributed by atoms with Crippen molar-refractivity contribution in [2.45, 2.75) is 71.4 Å². The normalized spacial score (nSPS) is 28.8. The molecule has 3 unspecified atom stereocenters. The fourth-order valence-corrected chi connectivity index (χ4v) is 6.97. The van der Waals surface area contributed by atoms with E-state index in [-0.39, 0.29) is 0 Å². The molecule has 0 radical (unpaired) electrons. The van der Waals surface area contributed by atoms with Crippen molar-refractivity contribution in [1.29, 1.82) is 0 Å². The zero-order valence-electron chi connectivity index (χ0n) is 14.7. The molecule has 5 heteroatoms. The van der Waals surface area contributed by atoms with Crippen LogP contribution in [0.4, 0.5) is 0 Å². The summed E-state index contributed by atoms with van der Waals surface area (Å²) in [5.74, 6) is 1.76. The quantitative estimate of drug-likeness (QED) is 0.622. The monoisotopic (exact) mass is 329 g/mol. The molecule has 22 heavy (non-hydrogen) atoms. The molecule has 2 rings (SSSR count). The summed E-state index contributed by atoms with van der Waals surface area (Å²) < 4.78 is 17.9. The first-order valence-electron chi connectivity index (χ1n) is 9.40. The van der Waals surface area contributed by atoms with Crippen molar-refractivity contribution in [2.24, 2.45) is 11.8 Å². The second-order valence-electron chi connectivity index (χ2n) is 6.60. The minimum atomic E-state index is -2.43. The van der Waals surface area contributed by atoms with Crippen LogP contribution in [0.3, 0.4) is 0 Å². The van der Waals surface area contributed by atoms with E-state index in [1.165, 1.54) is 45.1 Å². The summed E-state index contributed by atoms with van der Waals surface area (Å²) in [5, 5.41) is 3.75. The summed E-state index contributed by atoms with van der Waals surface area (Å²) >= 11 is 0. The molecule has 2 aliphatic rings. The molecule has 1 heterocycles. The zero-order valence-corrected chi connectivity index (χ0v) is 15.7. The van der Waals surface area contributed by atoms with E-state index in [2.05, 4.69) is 5.32 Å². The van der Waals surface area contributed by atoms with Crippen LogP contribution in [0.25, 0.3) is 0 Å². The van der Waals surface area contributed by atoms with Crippen LogP contribution in [0.15, 0.2) is 0 Å². The zero-order chi connectivity index (χ0) is 15.8. The van der Waals surface area contributed by atoms with Gasteiger partial charge in [-0.15, -0.1) is 0 Å². The standard InChI is InChI=1S/C17H35NO3Si/c1-4-19-22(20-5-2,21-6-3)13-9-10-15-14-18-17-12-8-7-11-16(15)17/h15-18H,4-14H2,1-3H3. The molecule has 2 fully saturated rings. The topological polar surface area (TPSA) is 39.7 Å². The van der Waals surface area contributed by atoms with Crippen LogP contribution in [-0.4, -0.2) is 41.2 Å². The molecule has 0 amide bonds. The first kappa shape index (κ1) is 18.4. The van der Waals surface area contributed by atoms with Crippen molar-refractivity contribution in [3.63, 3.8) is 0 Å². The van der Waals surface area contributed by atoms with Crippen molar-refractivity contribution in [3.8, 4) is 0 Å². The van der Waals surface area contributed by atoms with Gasteiger partial charge in [0.2, 0.25) is 0 Å². The molecule has 1 N–H and O–H groups in total.